The normalized spacial score (nSPS) is 9.61. The summed E-state index contributed by atoms with van der Waals surface area (Å²) in [5, 5.41) is 11.7. The zero-order valence-corrected chi connectivity index (χ0v) is 10.6. The number of nitriles is 1. The highest BCUT2D eigenvalue weighted by molar-refractivity contribution is 5.81. The molecule has 0 unspecified atom stereocenters. The van der Waals surface area contributed by atoms with Gasteiger partial charge in [0, 0.05) is 20.7 Å². The molecule has 0 aliphatic carbocycles. The number of ether oxygens (including phenoxy) is 1. The summed E-state index contributed by atoms with van der Waals surface area (Å²) in [6.45, 7) is 1.19. The smallest absolute Gasteiger partial charge is 0.239 e. The summed E-state index contributed by atoms with van der Waals surface area (Å²) in [6.07, 6.45) is 0. The molecule has 0 radical (unpaired) electrons. The lowest BCUT2D eigenvalue weighted by Gasteiger charge is -2.19. The number of para-hydroxylation sites is 1. The molecular formula is C13H17N3O2. The van der Waals surface area contributed by atoms with Crippen LogP contribution in [0.1, 0.15) is 5.56 Å². The van der Waals surface area contributed by atoms with Gasteiger partial charge in [-0.25, -0.2) is 0 Å². The molecule has 1 aromatic carbocycles. The number of rotatable bonds is 6. The summed E-state index contributed by atoms with van der Waals surface area (Å²) in [5.41, 5.74) is 1.31. The monoisotopic (exact) mass is 247 g/mol. The molecule has 0 spiro atoms. The summed E-state index contributed by atoms with van der Waals surface area (Å²) in [5.74, 6) is -0.0951. The van der Waals surface area contributed by atoms with Crippen molar-refractivity contribution in [3.63, 3.8) is 0 Å². The number of methoxy groups -OCH3 is 1. The highest BCUT2D eigenvalue weighted by atomic mass is 16.5. The van der Waals surface area contributed by atoms with E-state index in [2.05, 4.69) is 11.4 Å². The summed E-state index contributed by atoms with van der Waals surface area (Å²) < 4.78 is 4.85. The second kappa shape index (κ2) is 7.30. The maximum Gasteiger partial charge on any atom is 0.239 e. The predicted molar refractivity (Wildman–Crippen MR) is 69.3 cm³/mol. The Kier molecular flexibility index (Phi) is 5.68. The molecule has 18 heavy (non-hydrogen) atoms. The number of amides is 1. The van der Waals surface area contributed by atoms with Crippen molar-refractivity contribution in [2.75, 3.05) is 38.8 Å². The lowest BCUT2D eigenvalue weighted by atomic mass is 10.2. The van der Waals surface area contributed by atoms with E-state index in [0.29, 0.717) is 18.7 Å². The maximum atomic E-state index is 11.6. The SMILES string of the molecule is COCCNC(=O)CN(C)c1ccccc1C#N. The molecule has 0 saturated carbocycles. The first kappa shape index (κ1) is 14.0. The van der Waals surface area contributed by atoms with Gasteiger partial charge in [0.2, 0.25) is 5.91 Å². The highest BCUT2D eigenvalue weighted by Crippen LogP contribution is 2.17. The number of benzene rings is 1. The molecular weight excluding hydrogens is 230 g/mol. The van der Waals surface area contributed by atoms with Crippen molar-refractivity contribution in [1.82, 2.24) is 5.32 Å². The molecule has 0 fully saturated rings. The Hall–Kier alpha value is -2.06. The molecule has 1 aromatic rings. The van der Waals surface area contributed by atoms with E-state index in [-0.39, 0.29) is 12.5 Å². The molecule has 0 aromatic heterocycles. The lowest BCUT2D eigenvalue weighted by molar-refractivity contribution is -0.119. The van der Waals surface area contributed by atoms with Crippen LogP contribution >= 0.6 is 0 Å². The zero-order valence-electron chi connectivity index (χ0n) is 10.6. The first-order chi connectivity index (χ1) is 8.69. The van der Waals surface area contributed by atoms with E-state index in [1.807, 2.05) is 12.1 Å². The van der Waals surface area contributed by atoms with Crippen molar-refractivity contribution >= 4 is 11.6 Å². The fraction of sp³-hybridized carbons (Fsp3) is 0.385. The van der Waals surface area contributed by atoms with Gasteiger partial charge in [-0.1, -0.05) is 12.1 Å². The molecule has 96 valence electrons. The van der Waals surface area contributed by atoms with Crippen LogP contribution in [0.3, 0.4) is 0 Å². The van der Waals surface area contributed by atoms with Gasteiger partial charge in [-0.3, -0.25) is 4.79 Å². The highest BCUT2D eigenvalue weighted by Gasteiger charge is 2.10. The number of anilines is 1. The number of carbonyl (C=O) groups excluding carboxylic acids is 1. The van der Waals surface area contributed by atoms with Crippen LogP contribution in [0.2, 0.25) is 0 Å². The van der Waals surface area contributed by atoms with Gasteiger partial charge in [0.25, 0.3) is 0 Å². The van der Waals surface area contributed by atoms with Crippen LogP contribution in [0, 0.1) is 11.3 Å². The topological polar surface area (TPSA) is 65.4 Å². The molecule has 0 heterocycles. The Labute approximate surface area is 107 Å². The minimum atomic E-state index is -0.0951. The molecule has 5 nitrogen and oxygen atoms in total. The Bertz CT molecular complexity index is 440. The van der Waals surface area contributed by atoms with Crippen LogP contribution in [0.15, 0.2) is 24.3 Å². The third-order valence-corrected chi connectivity index (χ3v) is 2.44. The average molecular weight is 247 g/mol. The van der Waals surface area contributed by atoms with Crippen LogP contribution in [0.25, 0.3) is 0 Å². The quantitative estimate of drug-likeness (QED) is 0.754. The standard InChI is InChI=1S/C13H17N3O2/c1-16(10-13(17)15-7-8-18-2)12-6-4-3-5-11(12)9-14/h3-6H,7-8,10H2,1-2H3,(H,15,17). The van der Waals surface area contributed by atoms with E-state index in [0.717, 1.165) is 5.69 Å². The van der Waals surface area contributed by atoms with Crippen molar-refractivity contribution in [2.45, 2.75) is 0 Å². The third kappa shape index (κ3) is 4.07. The van der Waals surface area contributed by atoms with Crippen molar-refractivity contribution < 1.29 is 9.53 Å². The number of carbonyl (C=O) groups is 1. The summed E-state index contributed by atoms with van der Waals surface area (Å²) in [7, 11) is 3.37. The molecule has 1 N–H and O–H groups in total. The fourth-order valence-corrected chi connectivity index (χ4v) is 1.55. The molecule has 0 bridgehead atoms. The summed E-state index contributed by atoms with van der Waals surface area (Å²) >= 11 is 0. The molecule has 0 aliphatic heterocycles. The Morgan fingerprint density at radius 2 is 2.22 bits per heavy atom. The van der Waals surface area contributed by atoms with E-state index in [4.69, 9.17) is 10.00 Å². The van der Waals surface area contributed by atoms with Crippen LogP contribution in [-0.4, -0.2) is 39.8 Å². The first-order valence-corrected chi connectivity index (χ1v) is 5.65. The van der Waals surface area contributed by atoms with Gasteiger partial charge in [-0.15, -0.1) is 0 Å². The third-order valence-electron chi connectivity index (χ3n) is 2.44. The van der Waals surface area contributed by atoms with E-state index in [1.54, 1.807) is 31.2 Å². The van der Waals surface area contributed by atoms with Crippen molar-refractivity contribution in [3.05, 3.63) is 29.8 Å². The van der Waals surface area contributed by atoms with E-state index in [9.17, 15) is 4.79 Å². The van der Waals surface area contributed by atoms with Crippen molar-refractivity contribution in [2.24, 2.45) is 0 Å². The summed E-state index contributed by atoms with van der Waals surface area (Å²) in [4.78, 5) is 13.4. The average Bonchev–Trinajstić information content (AvgIpc) is 2.39. The molecule has 1 rings (SSSR count). The van der Waals surface area contributed by atoms with Crippen LogP contribution < -0.4 is 10.2 Å². The van der Waals surface area contributed by atoms with E-state index in [1.165, 1.54) is 0 Å². The van der Waals surface area contributed by atoms with Gasteiger partial charge in [0.1, 0.15) is 6.07 Å². The number of likely N-dealkylation sites (N-methyl/N-ethyl adjacent to an activating group) is 1. The zero-order chi connectivity index (χ0) is 13.4. The largest absolute Gasteiger partial charge is 0.383 e. The Morgan fingerprint density at radius 1 is 1.50 bits per heavy atom. The second-order valence-electron chi connectivity index (χ2n) is 3.83. The molecule has 0 aliphatic rings. The van der Waals surface area contributed by atoms with Gasteiger partial charge < -0.3 is 15.0 Å². The van der Waals surface area contributed by atoms with Gasteiger partial charge in [-0.05, 0) is 12.1 Å². The molecule has 1 amide bonds. The minimum Gasteiger partial charge on any atom is -0.383 e. The van der Waals surface area contributed by atoms with E-state index < -0.39 is 0 Å². The molecule has 0 saturated heterocycles. The van der Waals surface area contributed by atoms with Crippen molar-refractivity contribution in [1.29, 1.82) is 5.26 Å². The van der Waals surface area contributed by atoms with Gasteiger partial charge in [0.05, 0.1) is 24.4 Å². The Balaban J connectivity index is 2.57. The number of hydrogen-bond donors (Lipinski definition) is 1. The molecule has 0 atom stereocenters. The second-order valence-corrected chi connectivity index (χ2v) is 3.83. The van der Waals surface area contributed by atoms with Crippen LogP contribution in [-0.2, 0) is 9.53 Å². The van der Waals surface area contributed by atoms with Crippen LogP contribution in [0.5, 0.6) is 0 Å². The van der Waals surface area contributed by atoms with Gasteiger partial charge in [-0.2, -0.15) is 5.26 Å². The minimum absolute atomic E-state index is 0.0951. The molecule has 5 heteroatoms. The fourth-order valence-electron chi connectivity index (χ4n) is 1.55. The Morgan fingerprint density at radius 3 is 2.89 bits per heavy atom. The number of hydrogen-bond acceptors (Lipinski definition) is 4. The van der Waals surface area contributed by atoms with Crippen LogP contribution in [0.4, 0.5) is 5.69 Å². The first-order valence-electron chi connectivity index (χ1n) is 5.65. The number of nitrogens with one attached hydrogen (secondary N) is 1. The predicted octanol–water partition coefficient (Wildman–Crippen LogP) is 0.757. The summed E-state index contributed by atoms with van der Waals surface area (Å²) in [6, 6.07) is 9.30. The maximum absolute atomic E-state index is 11.6. The number of nitrogens with zero attached hydrogens (tertiary/aromatic N) is 2. The van der Waals surface area contributed by atoms with Gasteiger partial charge >= 0.3 is 0 Å². The van der Waals surface area contributed by atoms with E-state index >= 15 is 0 Å². The lowest BCUT2D eigenvalue weighted by Crippen LogP contribution is -2.36. The van der Waals surface area contributed by atoms with Crippen molar-refractivity contribution in [3.8, 4) is 6.07 Å². The van der Waals surface area contributed by atoms with Gasteiger partial charge in [0.15, 0.2) is 0 Å².